The zero-order chi connectivity index (χ0) is 67.7. The van der Waals surface area contributed by atoms with Gasteiger partial charge >= 0.3 is 39.5 Å². The summed E-state index contributed by atoms with van der Waals surface area (Å²) in [5.41, 5.74) is 0. The van der Waals surface area contributed by atoms with Crippen molar-refractivity contribution in [3.63, 3.8) is 0 Å². The van der Waals surface area contributed by atoms with Crippen LogP contribution in [0.5, 0.6) is 0 Å². The number of hydrogen-bond acceptors (Lipinski definition) is 15. The Morgan fingerprint density at radius 3 is 0.739 bits per heavy atom. The number of ether oxygens (including phenoxy) is 4. The highest BCUT2D eigenvalue weighted by Gasteiger charge is 2.30. The van der Waals surface area contributed by atoms with Crippen molar-refractivity contribution in [1.29, 1.82) is 0 Å². The number of hydrogen-bond donors (Lipinski definition) is 3. The minimum absolute atomic E-state index is 0.105. The summed E-state index contributed by atoms with van der Waals surface area (Å²) in [5, 5.41) is 10.6. The van der Waals surface area contributed by atoms with Gasteiger partial charge in [0.1, 0.15) is 19.3 Å². The first-order valence-electron chi connectivity index (χ1n) is 38.1. The number of aliphatic hydroxyl groups excluding tert-OH is 1. The molecule has 0 aliphatic carbocycles. The lowest BCUT2D eigenvalue weighted by atomic mass is 10.0. The fraction of sp³-hybridized carbons (Fsp3) is 0.945. The van der Waals surface area contributed by atoms with Gasteiger partial charge in [-0.2, -0.15) is 0 Å². The van der Waals surface area contributed by atoms with Crippen LogP contribution >= 0.6 is 15.6 Å². The predicted octanol–water partition coefficient (Wildman–Crippen LogP) is 21.3. The molecular weight excluding hydrogens is 1210 g/mol. The summed E-state index contributed by atoms with van der Waals surface area (Å²) < 4.78 is 68.1. The topological polar surface area (TPSA) is 237 Å². The minimum Gasteiger partial charge on any atom is -0.462 e. The van der Waals surface area contributed by atoms with Gasteiger partial charge < -0.3 is 33.8 Å². The molecule has 3 N–H and O–H groups in total. The molecule has 546 valence electrons. The third kappa shape index (κ3) is 66.7. The number of phosphoric acid groups is 2. The van der Waals surface area contributed by atoms with Gasteiger partial charge in [0, 0.05) is 25.7 Å². The van der Waals surface area contributed by atoms with E-state index in [1.165, 1.54) is 199 Å². The number of rotatable bonds is 73. The number of esters is 4. The highest BCUT2D eigenvalue weighted by molar-refractivity contribution is 7.47. The van der Waals surface area contributed by atoms with Gasteiger partial charge in [-0.3, -0.25) is 37.3 Å². The van der Waals surface area contributed by atoms with Crippen molar-refractivity contribution in [3.8, 4) is 0 Å². The molecule has 0 aromatic rings. The maximum Gasteiger partial charge on any atom is 0.472 e. The van der Waals surface area contributed by atoms with Gasteiger partial charge in [0.15, 0.2) is 12.2 Å². The van der Waals surface area contributed by atoms with Crippen LogP contribution in [0.4, 0.5) is 0 Å². The van der Waals surface area contributed by atoms with E-state index in [4.69, 9.17) is 37.0 Å². The van der Waals surface area contributed by atoms with Crippen molar-refractivity contribution in [2.75, 3.05) is 39.6 Å². The van der Waals surface area contributed by atoms with Crippen LogP contribution < -0.4 is 0 Å². The Kier molecular flexibility index (Phi) is 64.9. The second-order valence-corrected chi connectivity index (χ2v) is 29.7. The Balaban J connectivity index is 5.09. The normalized spacial score (nSPS) is 14.0. The van der Waals surface area contributed by atoms with E-state index in [-0.39, 0.29) is 25.7 Å². The smallest absolute Gasteiger partial charge is 0.462 e. The van der Waals surface area contributed by atoms with Crippen molar-refractivity contribution >= 4 is 39.5 Å². The van der Waals surface area contributed by atoms with Crippen molar-refractivity contribution in [3.05, 3.63) is 0 Å². The molecule has 0 aromatic carbocycles. The van der Waals surface area contributed by atoms with Gasteiger partial charge in [0.25, 0.3) is 0 Å². The lowest BCUT2D eigenvalue weighted by Crippen LogP contribution is -2.30. The van der Waals surface area contributed by atoms with Crippen LogP contribution in [0.2, 0.25) is 0 Å². The summed E-state index contributed by atoms with van der Waals surface area (Å²) >= 11 is 0. The van der Waals surface area contributed by atoms with Crippen LogP contribution in [0.25, 0.3) is 0 Å². The van der Waals surface area contributed by atoms with Crippen molar-refractivity contribution in [2.45, 2.75) is 400 Å². The molecule has 0 aliphatic rings. The standard InChI is InChI=1S/C73H142O17P2/c1-6-9-12-15-17-19-20-21-22-23-24-25-26-27-28-29-32-36-40-44-49-54-59-73(78)90-69(63-84-71(76)57-52-47-42-39-35-33-30-31-34-38-41-46-50-55-66(4)5)65-88-92(81,82)86-61-67(74)60-85-91(79,80)87-64-68(62-83-70(75)56-51-45-14-11-8-3)89-72(77)58-53-48-43-37-18-16-13-10-7-2/h66-69,74H,6-65H2,1-5H3,(H,79,80)(H,81,82)/t67-,68+,69+/m0/s1. The maximum atomic E-state index is 13.1. The fourth-order valence-electron chi connectivity index (χ4n) is 11.2. The van der Waals surface area contributed by atoms with Gasteiger partial charge in [0.05, 0.1) is 26.4 Å². The molecule has 0 rings (SSSR count). The van der Waals surface area contributed by atoms with Gasteiger partial charge in [0.2, 0.25) is 0 Å². The van der Waals surface area contributed by atoms with Crippen LogP contribution in [0.1, 0.15) is 381 Å². The molecule has 19 heteroatoms. The number of carbonyl (C=O) groups is 4. The van der Waals surface area contributed by atoms with E-state index in [9.17, 15) is 43.2 Å². The monoisotopic (exact) mass is 1350 g/mol. The Labute approximate surface area is 562 Å². The van der Waals surface area contributed by atoms with Crippen molar-refractivity contribution in [2.24, 2.45) is 5.92 Å². The van der Waals surface area contributed by atoms with E-state index in [2.05, 4.69) is 34.6 Å². The highest BCUT2D eigenvalue weighted by Crippen LogP contribution is 2.45. The molecule has 0 saturated carbocycles. The van der Waals surface area contributed by atoms with E-state index >= 15 is 0 Å². The van der Waals surface area contributed by atoms with Crippen LogP contribution in [-0.4, -0.2) is 96.7 Å². The first-order valence-corrected chi connectivity index (χ1v) is 41.1. The van der Waals surface area contributed by atoms with Crippen LogP contribution in [0.3, 0.4) is 0 Å². The number of aliphatic hydroxyl groups is 1. The van der Waals surface area contributed by atoms with Crippen LogP contribution in [0.15, 0.2) is 0 Å². The zero-order valence-corrected chi connectivity index (χ0v) is 61.5. The highest BCUT2D eigenvalue weighted by atomic mass is 31.2. The van der Waals surface area contributed by atoms with Gasteiger partial charge in [-0.25, -0.2) is 9.13 Å². The quantitative estimate of drug-likeness (QED) is 0.0222. The average Bonchev–Trinajstić information content (AvgIpc) is 1.31. The fourth-order valence-corrected chi connectivity index (χ4v) is 12.8. The van der Waals surface area contributed by atoms with Gasteiger partial charge in [-0.1, -0.05) is 330 Å². The summed E-state index contributed by atoms with van der Waals surface area (Å²) in [6.07, 6.45) is 54.8. The SMILES string of the molecule is CCCCCCCCCCCCCCCCCCCCCCCCC(=O)O[C@H](COC(=O)CCCCCCCCCCCCCCCC(C)C)COP(=O)(O)OC[C@@H](O)COP(=O)(O)OC[C@@H](COC(=O)CCCCCCC)OC(=O)CCCCCCCCCCC. The lowest BCUT2D eigenvalue weighted by molar-refractivity contribution is -0.161. The van der Waals surface area contributed by atoms with E-state index in [0.29, 0.717) is 25.7 Å². The minimum atomic E-state index is -4.95. The summed E-state index contributed by atoms with van der Waals surface area (Å²) in [7, 11) is -9.89. The number of carbonyl (C=O) groups excluding carboxylic acids is 4. The van der Waals surface area contributed by atoms with Crippen molar-refractivity contribution in [1.82, 2.24) is 0 Å². The van der Waals surface area contributed by atoms with E-state index < -0.39 is 97.5 Å². The molecule has 0 amide bonds. The number of phosphoric ester groups is 2. The number of unbranched alkanes of at least 4 members (excludes halogenated alkanes) is 45. The van der Waals surface area contributed by atoms with Crippen LogP contribution in [-0.2, 0) is 65.4 Å². The average molecular weight is 1350 g/mol. The van der Waals surface area contributed by atoms with E-state index in [1.807, 2.05) is 0 Å². The Bertz CT molecular complexity index is 1770. The molecule has 0 radical (unpaired) electrons. The molecule has 0 aromatic heterocycles. The van der Waals surface area contributed by atoms with E-state index in [0.717, 1.165) is 102 Å². The molecule has 5 atom stereocenters. The summed E-state index contributed by atoms with van der Waals surface area (Å²) in [6, 6.07) is 0. The second kappa shape index (κ2) is 66.3. The molecule has 2 unspecified atom stereocenters. The third-order valence-corrected chi connectivity index (χ3v) is 18.9. The first kappa shape index (κ1) is 90.1. The molecule has 0 saturated heterocycles. The molecule has 0 aliphatic heterocycles. The van der Waals surface area contributed by atoms with Gasteiger partial charge in [-0.05, 0) is 31.6 Å². The summed E-state index contributed by atoms with van der Waals surface area (Å²) in [4.78, 5) is 72.3. The molecule has 0 bridgehead atoms. The Morgan fingerprint density at radius 1 is 0.293 bits per heavy atom. The summed E-state index contributed by atoms with van der Waals surface area (Å²) in [5.74, 6) is -1.34. The molecule has 0 heterocycles. The Morgan fingerprint density at radius 2 is 0.500 bits per heavy atom. The molecule has 92 heavy (non-hydrogen) atoms. The lowest BCUT2D eigenvalue weighted by Gasteiger charge is -2.21. The van der Waals surface area contributed by atoms with Crippen LogP contribution in [0, 0.1) is 5.92 Å². The molecule has 17 nitrogen and oxygen atoms in total. The zero-order valence-electron chi connectivity index (χ0n) is 59.7. The van der Waals surface area contributed by atoms with Crippen molar-refractivity contribution < 1.29 is 80.2 Å². The predicted molar refractivity (Wildman–Crippen MR) is 372 cm³/mol. The first-order chi connectivity index (χ1) is 44.5. The molecule has 0 fully saturated rings. The second-order valence-electron chi connectivity index (χ2n) is 26.8. The third-order valence-electron chi connectivity index (χ3n) is 17.0. The molecule has 0 spiro atoms. The van der Waals surface area contributed by atoms with Gasteiger partial charge in [-0.15, -0.1) is 0 Å². The molecular formula is C73H142O17P2. The maximum absolute atomic E-state index is 13.1. The Hall–Kier alpha value is -1.94. The summed E-state index contributed by atoms with van der Waals surface area (Å²) in [6.45, 7) is 7.17. The van der Waals surface area contributed by atoms with E-state index in [1.54, 1.807) is 0 Å². The largest absolute Gasteiger partial charge is 0.472 e.